The number of hydrogen-bond donors (Lipinski definition) is 2. The average molecular weight is 1270 g/mol. The van der Waals surface area contributed by atoms with Crippen molar-refractivity contribution in [2.45, 2.75) is 418 Å². The van der Waals surface area contributed by atoms with Gasteiger partial charge in [0.15, 0.2) is 0 Å². The zero-order valence-corrected chi connectivity index (χ0v) is 61.3. The average Bonchev–Trinajstić information content (AvgIpc) is 3.55. The lowest BCUT2D eigenvalue weighted by Crippen LogP contribution is -2.46. The van der Waals surface area contributed by atoms with Crippen molar-refractivity contribution in [1.29, 1.82) is 0 Å². The molecule has 0 fully saturated rings. The SMILES string of the molecule is CC/C=C\C/C=C\C/C=C\C/C=C\CCCCCCCCCCCCCCCCCCCCCCCCCCCCC(=O)NC(COP(=O)([O-])OCC[N+](C)(C)C)C(O)CCCCCCCCCCCCCCCCCCCCCCCCCCCCCC. The summed E-state index contributed by atoms with van der Waals surface area (Å²) < 4.78 is 23.6. The number of nitrogens with one attached hydrogen (secondary N) is 1. The Bertz CT molecular complexity index is 1590. The molecule has 0 aromatic carbocycles. The number of likely N-dealkylation sites (N-methyl/N-ethyl adjacent to an activating group) is 1. The lowest BCUT2D eigenvalue weighted by Gasteiger charge is -2.30. The van der Waals surface area contributed by atoms with Crippen LogP contribution in [-0.4, -0.2) is 68.5 Å². The summed E-state index contributed by atoms with van der Waals surface area (Å²) in [4.78, 5) is 25.7. The van der Waals surface area contributed by atoms with E-state index in [1.807, 2.05) is 21.1 Å². The predicted octanol–water partition coefficient (Wildman–Crippen LogP) is 25.1. The molecular weight excluding hydrogens is 1120 g/mol. The molecule has 9 heteroatoms. The summed E-state index contributed by atoms with van der Waals surface area (Å²) in [5.74, 6) is -0.155. The summed E-state index contributed by atoms with van der Waals surface area (Å²) in [6.07, 6.45) is 96.6. The summed E-state index contributed by atoms with van der Waals surface area (Å²) >= 11 is 0. The van der Waals surface area contributed by atoms with Gasteiger partial charge in [0.1, 0.15) is 13.2 Å². The second-order valence-corrected chi connectivity index (χ2v) is 29.8. The molecule has 0 rings (SSSR count). The van der Waals surface area contributed by atoms with Crippen LogP contribution in [0, 0.1) is 0 Å². The van der Waals surface area contributed by atoms with E-state index in [1.54, 1.807) is 0 Å². The molecule has 0 spiro atoms. The Morgan fingerprint density at radius 2 is 0.685 bits per heavy atom. The number of amides is 1. The maximum atomic E-state index is 13.1. The van der Waals surface area contributed by atoms with Crippen molar-refractivity contribution in [1.82, 2.24) is 5.32 Å². The molecule has 0 aliphatic carbocycles. The van der Waals surface area contributed by atoms with Crippen molar-refractivity contribution in [2.75, 3.05) is 40.9 Å². The number of allylic oxidation sites excluding steroid dienone is 8. The first-order valence-electron chi connectivity index (χ1n) is 39.5. The van der Waals surface area contributed by atoms with Crippen molar-refractivity contribution in [3.05, 3.63) is 48.6 Å². The van der Waals surface area contributed by atoms with Gasteiger partial charge in [-0.15, -0.1) is 0 Å². The highest BCUT2D eigenvalue weighted by Gasteiger charge is 2.24. The second kappa shape index (κ2) is 70.8. The van der Waals surface area contributed by atoms with Crippen LogP contribution in [0.4, 0.5) is 0 Å². The number of rotatable bonds is 74. The Morgan fingerprint density at radius 1 is 0.404 bits per heavy atom. The molecule has 3 atom stereocenters. The van der Waals surface area contributed by atoms with Crippen LogP contribution in [0.1, 0.15) is 406 Å². The van der Waals surface area contributed by atoms with Crippen LogP contribution in [0.2, 0.25) is 0 Å². The van der Waals surface area contributed by atoms with Crippen molar-refractivity contribution >= 4 is 13.7 Å². The first-order valence-corrected chi connectivity index (χ1v) is 40.9. The van der Waals surface area contributed by atoms with Gasteiger partial charge in [0.25, 0.3) is 7.82 Å². The van der Waals surface area contributed by atoms with Gasteiger partial charge in [-0.25, -0.2) is 0 Å². The number of aliphatic hydroxyl groups is 1. The highest BCUT2D eigenvalue weighted by atomic mass is 31.2. The highest BCUT2D eigenvalue weighted by molar-refractivity contribution is 7.45. The normalized spacial score (nSPS) is 13.7. The fraction of sp³-hybridized carbons (Fsp3) is 0.887. The molecule has 0 saturated carbocycles. The number of phosphoric ester groups is 1. The summed E-state index contributed by atoms with van der Waals surface area (Å²) in [6.45, 7) is 4.68. The molecular formula is C80H155N2O6P. The third kappa shape index (κ3) is 73.7. The smallest absolute Gasteiger partial charge is 0.268 e. The third-order valence-corrected chi connectivity index (χ3v) is 19.3. The van der Waals surface area contributed by atoms with Gasteiger partial charge in [0.2, 0.25) is 5.91 Å². The molecule has 0 aromatic rings. The van der Waals surface area contributed by atoms with E-state index in [4.69, 9.17) is 9.05 Å². The number of quaternary nitrogens is 1. The molecule has 0 radical (unpaired) electrons. The maximum absolute atomic E-state index is 13.1. The Kier molecular flexibility index (Phi) is 69.5. The number of nitrogens with zero attached hydrogens (tertiary/aromatic N) is 1. The Hall–Kier alpha value is -1.54. The molecule has 89 heavy (non-hydrogen) atoms. The maximum Gasteiger partial charge on any atom is 0.268 e. The van der Waals surface area contributed by atoms with Gasteiger partial charge in [0.05, 0.1) is 39.9 Å². The van der Waals surface area contributed by atoms with Gasteiger partial charge in [-0.1, -0.05) is 396 Å². The van der Waals surface area contributed by atoms with Gasteiger partial charge in [-0.05, 0) is 51.4 Å². The van der Waals surface area contributed by atoms with Crippen LogP contribution >= 0.6 is 7.82 Å². The van der Waals surface area contributed by atoms with E-state index >= 15 is 0 Å². The number of carbonyl (C=O) groups is 1. The van der Waals surface area contributed by atoms with Gasteiger partial charge >= 0.3 is 0 Å². The quantitative estimate of drug-likeness (QED) is 0.0272. The predicted molar refractivity (Wildman–Crippen MR) is 390 cm³/mol. The summed E-state index contributed by atoms with van der Waals surface area (Å²) in [5, 5.41) is 14.1. The topological polar surface area (TPSA) is 108 Å². The lowest BCUT2D eigenvalue weighted by molar-refractivity contribution is -0.870. The Labute approximate surface area is 556 Å². The van der Waals surface area contributed by atoms with Crippen LogP contribution in [0.5, 0.6) is 0 Å². The number of aliphatic hydroxyl groups excluding tert-OH is 1. The fourth-order valence-corrected chi connectivity index (χ4v) is 13.0. The molecule has 526 valence electrons. The minimum atomic E-state index is -4.58. The van der Waals surface area contributed by atoms with Crippen LogP contribution < -0.4 is 10.2 Å². The van der Waals surface area contributed by atoms with Gasteiger partial charge in [-0.3, -0.25) is 9.36 Å². The number of unbranched alkanes of at least 4 members (excludes halogenated alkanes) is 53. The second-order valence-electron chi connectivity index (χ2n) is 28.4. The zero-order chi connectivity index (χ0) is 64.8. The Morgan fingerprint density at radius 3 is 1.00 bits per heavy atom. The lowest BCUT2D eigenvalue weighted by atomic mass is 10.0. The third-order valence-electron chi connectivity index (χ3n) is 18.3. The first kappa shape index (κ1) is 87.5. The van der Waals surface area contributed by atoms with E-state index in [9.17, 15) is 19.4 Å². The summed E-state index contributed by atoms with van der Waals surface area (Å²) in [7, 11) is 1.33. The summed E-state index contributed by atoms with van der Waals surface area (Å²) in [5.41, 5.74) is 0. The molecule has 0 aliphatic heterocycles. The molecule has 8 nitrogen and oxygen atoms in total. The largest absolute Gasteiger partial charge is 0.756 e. The van der Waals surface area contributed by atoms with E-state index in [-0.39, 0.29) is 19.1 Å². The van der Waals surface area contributed by atoms with Crippen LogP contribution in [0.25, 0.3) is 0 Å². The molecule has 0 bridgehead atoms. The first-order chi connectivity index (χ1) is 43.5. The Balaban J connectivity index is 3.90. The number of carbonyl (C=O) groups excluding carboxylic acids is 1. The van der Waals surface area contributed by atoms with Crippen molar-refractivity contribution in [3.63, 3.8) is 0 Å². The monoisotopic (exact) mass is 1270 g/mol. The van der Waals surface area contributed by atoms with Crippen LogP contribution in [0.3, 0.4) is 0 Å². The van der Waals surface area contributed by atoms with E-state index in [1.165, 1.54) is 315 Å². The van der Waals surface area contributed by atoms with Crippen molar-refractivity contribution in [3.8, 4) is 0 Å². The number of phosphoric acid groups is 1. The summed E-state index contributed by atoms with van der Waals surface area (Å²) in [6, 6.07) is -0.801. The van der Waals surface area contributed by atoms with Gasteiger partial charge < -0.3 is 28.8 Å². The van der Waals surface area contributed by atoms with Crippen LogP contribution in [0.15, 0.2) is 48.6 Å². The van der Waals surface area contributed by atoms with Gasteiger partial charge in [0, 0.05) is 6.42 Å². The fourth-order valence-electron chi connectivity index (χ4n) is 12.3. The van der Waals surface area contributed by atoms with E-state index in [0.29, 0.717) is 23.9 Å². The molecule has 0 saturated heterocycles. The molecule has 3 unspecified atom stereocenters. The van der Waals surface area contributed by atoms with E-state index < -0.39 is 20.0 Å². The molecule has 2 N–H and O–H groups in total. The molecule has 1 amide bonds. The van der Waals surface area contributed by atoms with Crippen molar-refractivity contribution in [2.24, 2.45) is 0 Å². The molecule has 0 aliphatic rings. The van der Waals surface area contributed by atoms with Gasteiger partial charge in [-0.2, -0.15) is 0 Å². The highest BCUT2D eigenvalue weighted by Crippen LogP contribution is 2.38. The molecule has 0 heterocycles. The number of hydrogen-bond acceptors (Lipinski definition) is 6. The minimum Gasteiger partial charge on any atom is -0.756 e. The zero-order valence-electron chi connectivity index (χ0n) is 60.4. The molecule has 0 aromatic heterocycles. The standard InChI is InChI=1S/C80H155N2O6P/c1-6-8-10-12-14-16-18-20-22-24-26-28-30-32-34-36-37-38-39-40-41-42-43-44-45-46-48-50-52-54-56-58-60-62-64-66-68-70-72-74-80(84)81-78(77-88-89(85,86)87-76-75-82(3,4)5)79(83)73-71-69-67-65-63-61-59-57-55-53-51-49-47-35-33-31-29-27-25-23-21-19-17-15-13-11-9-7-2/h8,10,14,16,20,22,26,28,78-79,83H,6-7,9,11-13,15,17-19,21,23-25,27,29-77H2,1-5H3,(H-,81,84,85,86)/b10-8-,16-14-,22-20-,28-26-. The minimum absolute atomic E-state index is 0.0148. The van der Waals surface area contributed by atoms with Crippen LogP contribution in [-0.2, 0) is 18.4 Å². The van der Waals surface area contributed by atoms with E-state index in [2.05, 4.69) is 67.8 Å². The van der Waals surface area contributed by atoms with E-state index in [0.717, 1.165) is 64.2 Å². The van der Waals surface area contributed by atoms with Crippen molar-refractivity contribution < 1.29 is 32.9 Å².